The van der Waals surface area contributed by atoms with Crippen molar-refractivity contribution < 1.29 is 0 Å². The topological polar surface area (TPSA) is 15.3 Å². The van der Waals surface area contributed by atoms with Gasteiger partial charge >= 0.3 is 0 Å². The van der Waals surface area contributed by atoms with E-state index in [1.54, 1.807) is 0 Å². The fourth-order valence-electron chi connectivity index (χ4n) is 2.01. The van der Waals surface area contributed by atoms with Crippen molar-refractivity contribution in [3.63, 3.8) is 0 Å². The number of hydrogen-bond acceptors (Lipinski definition) is 2. The predicted octanol–water partition coefficient (Wildman–Crippen LogP) is 2.27. The number of rotatable bonds is 8. The van der Waals surface area contributed by atoms with Crippen LogP contribution in [0.2, 0.25) is 0 Å². The van der Waals surface area contributed by atoms with E-state index in [-0.39, 0.29) is 0 Å². The Bertz CT molecular complexity index is 177. The van der Waals surface area contributed by atoms with E-state index in [1.165, 1.54) is 38.8 Å². The summed E-state index contributed by atoms with van der Waals surface area (Å²) in [6.45, 7) is 6.91. The third-order valence-electron chi connectivity index (χ3n) is 3.09. The van der Waals surface area contributed by atoms with Gasteiger partial charge in [0.2, 0.25) is 0 Å². The molecule has 0 radical (unpaired) electrons. The quantitative estimate of drug-likeness (QED) is 0.488. The number of likely N-dealkylation sites (N-methyl/N-ethyl adjacent to an activating group) is 1. The lowest BCUT2D eigenvalue weighted by atomic mass is 10.1. The number of nitrogens with one attached hydrogen (secondary N) is 1. The molecule has 0 amide bonds. The lowest BCUT2D eigenvalue weighted by molar-refractivity contribution is 0.310. The van der Waals surface area contributed by atoms with Gasteiger partial charge in [0.1, 0.15) is 0 Å². The third-order valence-corrected chi connectivity index (χ3v) is 3.09. The Labute approximate surface area is 94.7 Å². The van der Waals surface area contributed by atoms with E-state index in [1.807, 2.05) is 0 Å². The summed E-state index contributed by atoms with van der Waals surface area (Å²) < 4.78 is 0. The summed E-state index contributed by atoms with van der Waals surface area (Å²) in [7, 11) is 2.23. The van der Waals surface area contributed by atoms with Gasteiger partial charge in [-0.25, -0.2) is 0 Å². The largest absolute Gasteiger partial charge is 0.315 e. The third kappa shape index (κ3) is 5.95. The second-order valence-corrected chi connectivity index (χ2v) is 4.61. The van der Waals surface area contributed by atoms with Gasteiger partial charge in [-0.1, -0.05) is 19.1 Å². The van der Waals surface area contributed by atoms with Gasteiger partial charge in [-0.3, -0.25) is 0 Å². The van der Waals surface area contributed by atoms with Crippen LogP contribution in [0.3, 0.4) is 0 Å². The Morgan fingerprint density at radius 2 is 2.20 bits per heavy atom. The molecule has 1 aliphatic rings. The first kappa shape index (κ1) is 12.7. The zero-order chi connectivity index (χ0) is 10.9. The Kier molecular flexibility index (Phi) is 6.69. The number of allylic oxidation sites excluding steroid dienone is 2. The summed E-state index contributed by atoms with van der Waals surface area (Å²) in [6, 6.07) is 0. The Hall–Kier alpha value is -0.340. The van der Waals surface area contributed by atoms with Gasteiger partial charge in [-0.2, -0.15) is 0 Å². The lowest BCUT2D eigenvalue weighted by Gasteiger charge is -2.18. The van der Waals surface area contributed by atoms with Gasteiger partial charge in [0.25, 0.3) is 0 Å². The second kappa shape index (κ2) is 7.89. The van der Waals surface area contributed by atoms with E-state index in [9.17, 15) is 0 Å². The first-order chi connectivity index (χ1) is 7.33. The average Bonchev–Trinajstić information content (AvgIpc) is 2.74. The predicted molar refractivity (Wildman–Crippen MR) is 67.1 cm³/mol. The van der Waals surface area contributed by atoms with Crippen molar-refractivity contribution in [2.75, 3.05) is 33.2 Å². The average molecular weight is 210 g/mol. The maximum absolute atomic E-state index is 3.44. The van der Waals surface area contributed by atoms with Gasteiger partial charge in [0, 0.05) is 13.1 Å². The molecule has 1 aliphatic carbocycles. The van der Waals surface area contributed by atoms with Crippen molar-refractivity contribution in [2.45, 2.75) is 32.6 Å². The molecule has 0 aromatic rings. The minimum Gasteiger partial charge on any atom is -0.315 e. The minimum absolute atomic E-state index is 0.857. The molecular formula is C13H26N2. The molecular weight excluding hydrogens is 184 g/mol. The van der Waals surface area contributed by atoms with E-state index in [0.29, 0.717) is 0 Å². The zero-order valence-corrected chi connectivity index (χ0v) is 10.3. The van der Waals surface area contributed by atoms with Gasteiger partial charge < -0.3 is 10.2 Å². The molecule has 2 heteroatoms. The van der Waals surface area contributed by atoms with Crippen molar-refractivity contribution in [3.8, 4) is 0 Å². The number of nitrogens with zero attached hydrogens (tertiary/aromatic N) is 1. The van der Waals surface area contributed by atoms with Crippen LogP contribution in [0.5, 0.6) is 0 Å². The van der Waals surface area contributed by atoms with Crippen LogP contribution in [0.1, 0.15) is 32.6 Å². The van der Waals surface area contributed by atoms with Crippen LogP contribution in [0.15, 0.2) is 12.2 Å². The molecule has 1 rings (SSSR count). The maximum atomic E-state index is 3.44. The van der Waals surface area contributed by atoms with Crippen LogP contribution in [-0.2, 0) is 0 Å². The summed E-state index contributed by atoms with van der Waals surface area (Å²) >= 11 is 0. The smallest absolute Gasteiger partial charge is 0.0104 e. The highest BCUT2D eigenvalue weighted by Crippen LogP contribution is 2.20. The van der Waals surface area contributed by atoms with Crippen molar-refractivity contribution in [1.29, 1.82) is 0 Å². The molecule has 2 nitrogen and oxygen atoms in total. The van der Waals surface area contributed by atoms with E-state index in [0.717, 1.165) is 19.0 Å². The van der Waals surface area contributed by atoms with Crippen molar-refractivity contribution in [2.24, 2.45) is 5.92 Å². The van der Waals surface area contributed by atoms with Crippen molar-refractivity contribution in [1.82, 2.24) is 10.2 Å². The van der Waals surface area contributed by atoms with Crippen LogP contribution in [0.4, 0.5) is 0 Å². The highest BCUT2D eigenvalue weighted by atomic mass is 15.1. The molecule has 1 N–H and O–H groups in total. The van der Waals surface area contributed by atoms with Gasteiger partial charge in [-0.15, -0.1) is 0 Å². The lowest BCUT2D eigenvalue weighted by Crippen LogP contribution is -2.30. The van der Waals surface area contributed by atoms with E-state index < -0.39 is 0 Å². The van der Waals surface area contributed by atoms with E-state index in [2.05, 4.69) is 36.3 Å². The molecule has 0 bridgehead atoms. The standard InChI is InChI=1S/C13H26N2/c1-3-9-14-10-12-15(2)11-8-13-6-4-5-7-13/h4,6,13-14H,3,5,7-12H2,1-2H3. The molecule has 0 aliphatic heterocycles. The molecule has 0 heterocycles. The molecule has 88 valence electrons. The normalized spacial score (nSPS) is 20.3. The summed E-state index contributed by atoms with van der Waals surface area (Å²) in [4.78, 5) is 2.44. The van der Waals surface area contributed by atoms with Crippen molar-refractivity contribution >= 4 is 0 Å². The van der Waals surface area contributed by atoms with Crippen molar-refractivity contribution in [3.05, 3.63) is 12.2 Å². The summed E-state index contributed by atoms with van der Waals surface area (Å²) in [6.07, 6.45) is 9.96. The first-order valence-electron chi connectivity index (χ1n) is 6.39. The molecule has 15 heavy (non-hydrogen) atoms. The molecule has 1 atom stereocenters. The van der Waals surface area contributed by atoms with E-state index in [4.69, 9.17) is 0 Å². The van der Waals surface area contributed by atoms with Crippen LogP contribution in [-0.4, -0.2) is 38.1 Å². The summed E-state index contributed by atoms with van der Waals surface area (Å²) in [5, 5.41) is 3.44. The molecule has 0 fully saturated rings. The Balaban J connectivity index is 1.93. The number of hydrogen-bond donors (Lipinski definition) is 1. The monoisotopic (exact) mass is 210 g/mol. The summed E-state index contributed by atoms with van der Waals surface area (Å²) in [5.41, 5.74) is 0. The van der Waals surface area contributed by atoms with Gasteiger partial charge in [0.05, 0.1) is 0 Å². The fraction of sp³-hybridized carbons (Fsp3) is 0.846. The fourth-order valence-corrected chi connectivity index (χ4v) is 2.01. The van der Waals surface area contributed by atoms with Crippen LogP contribution < -0.4 is 5.32 Å². The molecule has 0 aromatic heterocycles. The molecule has 0 aromatic carbocycles. The van der Waals surface area contributed by atoms with Gasteiger partial charge in [0.15, 0.2) is 0 Å². The molecule has 0 spiro atoms. The molecule has 0 saturated heterocycles. The Morgan fingerprint density at radius 1 is 1.33 bits per heavy atom. The van der Waals surface area contributed by atoms with Gasteiger partial charge in [-0.05, 0) is 51.7 Å². The van der Waals surface area contributed by atoms with Crippen LogP contribution in [0, 0.1) is 5.92 Å². The molecule has 1 unspecified atom stereocenters. The second-order valence-electron chi connectivity index (χ2n) is 4.61. The zero-order valence-electron chi connectivity index (χ0n) is 10.3. The highest BCUT2D eigenvalue weighted by Gasteiger charge is 2.09. The summed E-state index contributed by atoms with van der Waals surface area (Å²) in [5.74, 6) is 0.857. The SMILES string of the molecule is CCCNCCN(C)CCC1C=CCC1. The van der Waals surface area contributed by atoms with Crippen LogP contribution in [0.25, 0.3) is 0 Å². The Morgan fingerprint density at radius 3 is 2.87 bits per heavy atom. The first-order valence-corrected chi connectivity index (χ1v) is 6.39. The van der Waals surface area contributed by atoms with Crippen LogP contribution >= 0.6 is 0 Å². The highest BCUT2D eigenvalue weighted by molar-refractivity contribution is 4.96. The maximum Gasteiger partial charge on any atom is 0.0104 e. The minimum atomic E-state index is 0.857. The van der Waals surface area contributed by atoms with E-state index >= 15 is 0 Å². The molecule has 0 saturated carbocycles.